The molecule has 1 aromatic carbocycles. The number of hydrogen-bond donors (Lipinski definition) is 1. The van der Waals surface area contributed by atoms with Gasteiger partial charge in [0.1, 0.15) is 16.9 Å². The van der Waals surface area contributed by atoms with E-state index in [1.165, 1.54) is 12.8 Å². The van der Waals surface area contributed by atoms with Gasteiger partial charge in [-0.2, -0.15) is 5.10 Å². The standard InChI is InChI=1S/C26H29ClN4O3/c1-17-11-12-19(14-20(17)27)31-24(32)22-15-21(23-10-7-13-34-23)29-30(22)16-26(31,2)25(33)28-18-8-5-3-4-6-9-18/h7,10-15,18H,3-6,8-9,16H2,1-2H3,(H,28,33). The number of nitrogens with one attached hydrogen (secondary N) is 1. The third kappa shape index (κ3) is 4.02. The summed E-state index contributed by atoms with van der Waals surface area (Å²) in [4.78, 5) is 29.3. The molecule has 0 saturated heterocycles. The molecule has 0 spiro atoms. The van der Waals surface area contributed by atoms with E-state index in [1.807, 2.05) is 26.0 Å². The van der Waals surface area contributed by atoms with E-state index in [-0.39, 0.29) is 24.4 Å². The maximum absolute atomic E-state index is 13.9. The minimum atomic E-state index is -1.18. The Balaban J connectivity index is 1.56. The van der Waals surface area contributed by atoms with Crippen molar-refractivity contribution in [2.45, 2.75) is 70.5 Å². The molecule has 178 valence electrons. The number of rotatable bonds is 4. The molecule has 5 rings (SSSR count). The number of aryl methyl sites for hydroxylation is 1. The summed E-state index contributed by atoms with van der Waals surface area (Å²) < 4.78 is 7.11. The van der Waals surface area contributed by atoms with Gasteiger partial charge >= 0.3 is 0 Å². The fourth-order valence-electron chi connectivity index (χ4n) is 5.02. The van der Waals surface area contributed by atoms with E-state index in [0.29, 0.717) is 27.9 Å². The molecule has 2 amide bonds. The van der Waals surface area contributed by atoms with E-state index in [2.05, 4.69) is 10.4 Å². The first kappa shape index (κ1) is 22.7. The van der Waals surface area contributed by atoms with E-state index in [9.17, 15) is 9.59 Å². The van der Waals surface area contributed by atoms with Gasteiger partial charge in [-0.3, -0.25) is 19.2 Å². The molecule has 3 heterocycles. The highest BCUT2D eigenvalue weighted by Crippen LogP contribution is 2.36. The lowest BCUT2D eigenvalue weighted by atomic mass is 9.93. The molecular weight excluding hydrogens is 452 g/mol. The molecular formula is C26H29ClN4O3. The summed E-state index contributed by atoms with van der Waals surface area (Å²) in [5.41, 5.74) is 1.28. The molecule has 1 atom stereocenters. The molecule has 3 aromatic rings. The number of nitrogens with zero attached hydrogens (tertiary/aromatic N) is 3. The van der Waals surface area contributed by atoms with E-state index in [0.717, 1.165) is 31.2 Å². The average molecular weight is 481 g/mol. The fourth-order valence-corrected chi connectivity index (χ4v) is 5.19. The van der Waals surface area contributed by atoms with Crippen LogP contribution in [0.25, 0.3) is 11.5 Å². The third-order valence-corrected chi connectivity index (χ3v) is 7.43. The summed E-state index contributed by atoms with van der Waals surface area (Å²) in [5.74, 6) is 0.101. The predicted octanol–water partition coefficient (Wildman–Crippen LogP) is 5.36. The van der Waals surface area contributed by atoms with Crippen LogP contribution in [0.5, 0.6) is 0 Å². The van der Waals surface area contributed by atoms with Crippen LogP contribution in [0, 0.1) is 6.92 Å². The minimum absolute atomic E-state index is 0.114. The number of carbonyl (C=O) groups is 2. The molecule has 1 fully saturated rings. The minimum Gasteiger partial charge on any atom is -0.463 e. The van der Waals surface area contributed by atoms with Crippen molar-refractivity contribution < 1.29 is 14.0 Å². The quantitative estimate of drug-likeness (QED) is 0.509. The van der Waals surface area contributed by atoms with Crippen molar-refractivity contribution in [1.29, 1.82) is 0 Å². The van der Waals surface area contributed by atoms with Crippen LogP contribution in [0.1, 0.15) is 61.5 Å². The molecule has 1 N–H and O–H groups in total. The molecule has 1 aliphatic heterocycles. The Morgan fingerprint density at radius 3 is 2.62 bits per heavy atom. The van der Waals surface area contributed by atoms with Gasteiger partial charge in [-0.1, -0.05) is 43.4 Å². The highest BCUT2D eigenvalue weighted by Gasteiger charge is 2.49. The monoisotopic (exact) mass is 480 g/mol. The number of benzene rings is 1. The van der Waals surface area contributed by atoms with Crippen LogP contribution in [0.4, 0.5) is 5.69 Å². The predicted molar refractivity (Wildman–Crippen MR) is 131 cm³/mol. The Bertz CT molecular complexity index is 1210. The molecule has 0 radical (unpaired) electrons. The number of furan rings is 1. The molecule has 8 heteroatoms. The Hall–Kier alpha value is -3.06. The lowest BCUT2D eigenvalue weighted by Gasteiger charge is -2.43. The van der Waals surface area contributed by atoms with Gasteiger partial charge in [0.2, 0.25) is 5.91 Å². The topological polar surface area (TPSA) is 80.4 Å². The van der Waals surface area contributed by atoms with Crippen molar-refractivity contribution in [2.24, 2.45) is 0 Å². The molecule has 1 saturated carbocycles. The van der Waals surface area contributed by atoms with Crippen LogP contribution >= 0.6 is 11.6 Å². The second-order valence-corrected chi connectivity index (χ2v) is 9.97. The number of hydrogen-bond acceptors (Lipinski definition) is 4. The smallest absolute Gasteiger partial charge is 0.277 e. The SMILES string of the molecule is Cc1ccc(N2C(=O)c3cc(-c4ccco4)nn3CC2(C)C(=O)NC2CCCCCC2)cc1Cl. The van der Waals surface area contributed by atoms with Crippen molar-refractivity contribution in [3.05, 3.63) is 58.9 Å². The van der Waals surface area contributed by atoms with Crippen LogP contribution in [0.3, 0.4) is 0 Å². The summed E-state index contributed by atoms with van der Waals surface area (Å²) in [5, 5.41) is 8.42. The highest BCUT2D eigenvalue weighted by atomic mass is 35.5. The van der Waals surface area contributed by atoms with Crippen molar-refractivity contribution in [1.82, 2.24) is 15.1 Å². The number of carbonyl (C=O) groups excluding carboxylic acids is 2. The maximum atomic E-state index is 13.9. The van der Waals surface area contributed by atoms with Gasteiger partial charge in [0.15, 0.2) is 5.76 Å². The maximum Gasteiger partial charge on any atom is 0.277 e. The van der Waals surface area contributed by atoms with Crippen molar-refractivity contribution >= 4 is 29.1 Å². The van der Waals surface area contributed by atoms with Gasteiger partial charge in [0.25, 0.3) is 5.91 Å². The average Bonchev–Trinajstić information content (AvgIpc) is 3.42. The molecule has 1 aliphatic carbocycles. The van der Waals surface area contributed by atoms with Gasteiger partial charge < -0.3 is 9.73 Å². The number of anilines is 1. The zero-order valence-electron chi connectivity index (χ0n) is 19.5. The number of fused-ring (bicyclic) bond motifs is 1. The number of aromatic nitrogens is 2. The second-order valence-electron chi connectivity index (χ2n) is 9.56. The molecule has 0 bridgehead atoms. The first-order valence-corrected chi connectivity index (χ1v) is 12.3. The van der Waals surface area contributed by atoms with Gasteiger partial charge in [-0.15, -0.1) is 0 Å². The lowest BCUT2D eigenvalue weighted by Crippen LogP contribution is -2.65. The number of amides is 2. The molecule has 7 nitrogen and oxygen atoms in total. The Morgan fingerprint density at radius 1 is 1.18 bits per heavy atom. The van der Waals surface area contributed by atoms with E-state index >= 15 is 0 Å². The zero-order valence-corrected chi connectivity index (χ0v) is 20.3. The normalized spacial score (nSPS) is 21.3. The van der Waals surface area contributed by atoms with E-state index in [1.54, 1.807) is 40.1 Å². The summed E-state index contributed by atoms with van der Waals surface area (Å²) in [6.45, 7) is 3.94. The van der Waals surface area contributed by atoms with Crippen LogP contribution in [-0.4, -0.2) is 33.2 Å². The highest BCUT2D eigenvalue weighted by molar-refractivity contribution is 6.31. The summed E-state index contributed by atoms with van der Waals surface area (Å²) in [6, 6.07) is 10.9. The van der Waals surface area contributed by atoms with Crippen molar-refractivity contribution in [3.8, 4) is 11.5 Å². The Kier molecular flexibility index (Phi) is 5.98. The summed E-state index contributed by atoms with van der Waals surface area (Å²) >= 11 is 6.43. The second kappa shape index (κ2) is 8.95. The summed E-state index contributed by atoms with van der Waals surface area (Å²) in [6.07, 6.45) is 8.09. The number of halogens is 1. The van der Waals surface area contributed by atoms with Crippen LogP contribution in [0.2, 0.25) is 5.02 Å². The van der Waals surface area contributed by atoms with Gasteiger partial charge in [0.05, 0.1) is 12.8 Å². The van der Waals surface area contributed by atoms with E-state index < -0.39 is 5.54 Å². The van der Waals surface area contributed by atoms with Crippen molar-refractivity contribution in [2.75, 3.05) is 4.90 Å². The van der Waals surface area contributed by atoms with Gasteiger partial charge in [-0.05, 0) is 56.5 Å². The van der Waals surface area contributed by atoms with Crippen LogP contribution in [-0.2, 0) is 11.3 Å². The molecule has 34 heavy (non-hydrogen) atoms. The third-order valence-electron chi connectivity index (χ3n) is 7.02. The first-order chi connectivity index (χ1) is 16.4. The van der Waals surface area contributed by atoms with Crippen molar-refractivity contribution in [3.63, 3.8) is 0 Å². The van der Waals surface area contributed by atoms with Gasteiger partial charge in [-0.25, -0.2) is 0 Å². The van der Waals surface area contributed by atoms with E-state index in [4.69, 9.17) is 16.0 Å². The first-order valence-electron chi connectivity index (χ1n) is 11.9. The van der Waals surface area contributed by atoms with Crippen LogP contribution in [0.15, 0.2) is 47.1 Å². The van der Waals surface area contributed by atoms with Crippen LogP contribution < -0.4 is 10.2 Å². The largest absolute Gasteiger partial charge is 0.463 e. The Morgan fingerprint density at radius 2 is 1.94 bits per heavy atom. The molecule has 1 unspecified atom stereocenters. The molecule has 2 aromatic heterocycles. The summed E-state index contributed by atoms with van der Waals surface area (Å²) in [7, 11) is 0. The lowest BCUT2D eigenvalue weighted by molar-refractivity contribution is -0.127. The molecule has 2 aliphatic rings. The Labute approximate surface area is 204 Å². The fraction of sp³-hybridized carbons (Fsp3) is 0.423. The van der Waals surface area contributed by atoms with Gasteiger partial charge in [0, 0.05) is 22.8 Å². The zero-order chi connectivity index (χ0) is 23.9.